The summed E-state index contributed by atoms with van der Waals surface area (Å²) in [4.78, 5) is 5.53. The van der Waals surface area contributed by atoms with Gasteiger partial charge in [0, 0.05) is 20.2 Å². The third kappa shape index (κ3) is 4.26. The van der Waals surface area contributed by atoms with Crippen LogP contribution < -0.4 is 10.6 Å². The number of alkyl halides is 3. The Morgan fingerprint density at radius 2 is 2.10 bits per heavy atom. The van der Waals surface area contributed by atoms with Gasteiger partial charge in [-0.15, -0.1) is 0 Å². The summed E-state index contributed by atoms with van der Waals surface area (Å²) in [7, 11) is 1.67. The van der Waals surface area contributed by atoms with Crippen molar-refractivity contribution in [3.05, 3.63) is 17.7 Å². The van der Waals surface area contributed by atoms with Crippen molar-refractivity contribution in [1.29, 1.82) is 0 Å². The molecule has 0 amide bonds. The fourth-order valence-electron chi connectivity index (χ4n) is 1.75. The van der Waals surface area contributed by atoms with Gasteiger partial charge in [-0.3, -0.25) is 0 Å². The third-order valence-electron chi connectivity index (χ3n) is 3.17. The lowest BCUT2D eigenvalue weighted by atomic mass is 10.2. The maximum absolute atomic E-state index is 12.7. The lowest BCUT2D eigenvalue weighted by Crippen LogP contribution is -2.24. The Labute approximate surface area is 115 Å². The molecule has 0 radical (unpaired) electrons. The minimum Gasteiger partial charge on any atom is -0.384 e. The summed E-state index contributed by atoms with van der Waals surface area (Å²) in [6, 6.07) is 1.83. The molecule has 1 fully saturated rings. The molecule has 7 heteroatoms. The molecule has 4 nitrogen and oxygen atoms in total. The minimum absolute atomic E-state index is 0.138. The number of halogens is 3. The van der Waals surface area contributed by atoms with Gasteiger partial charge in [-0.1, -0.05) is 0 Å². The molecule has 0 bridgehead atoms. The van der Waals surface area contributed by atoms with Gasteiger partial charge in [-0.05, 0) is 30.9 Å². The van der Waals surface area contributed by atoms with Crippen LogP contribution in [0, 0.1) is 5.92 Å². The minimum atomic E-state index is -4.42. The van der Waals surface area contributed by atoms with Crippen LogP contribution in [-0.2, 0) is 10.9 Å². The molecular formula is C13H18F3N3O. The van der Waals surface area contributed by atoms with Gasteiger partial charge in [0.2, 0.25) is 0 Å². The van der Waals surface area contributed by atoms with Crippen LogP contribution in [0.3, 0.4) is 0 Å². The number of nitrogen functional groups attached to an aromatic ring is 1. The maximum atomic E-state index is 12.7. The molecule has 0 aliphatic heterocycles. The fraction of sp³-hybridized carbons (Fsp3) is 0.615. The van der Waals surface area contributed by atoms with Crippen molar-refractivity contribution in [3.8, 4) is 0 Å². The fourth-order valence-corrected chi connectivity index (χ4v) is 1.75. The second-order valence-corrected chi connectivity index (χ2v) is 5.08. The Balaban J connectivity index is 1.93. The predicted octanol–water partition coefficient (Wildman–Crippen LogP) is 2.55. The second-order valence-electron chi connectivity index (χ2n) is 5.08. The summed E-state index contributed by atoms with van der Waals surface area (Å²) in [6.07, 6.45) is -2.00. The molecule has 1 aliphatic rings. The van der Waals surface area contributed by atoms with E-state index in [0.29, 0.717) is 19.1 Å². The number of rotatable bonds is 6. The molecule has 2 rings (SSSR count). The largest absolute Gasteiger partial charge is 0.416 e. The number of aromatic nitrogens is 1. The normalized spacial score (nSPS) is 15.4. The van der Waals surface area contributed by atoms with Gasteiger partial charge in [0.05, 0.1) is 12.2 Å². The number of hydrogen-bond donors (Lipinski definition) is 1. The molecular weight excluding hydrogens is 271 g/mol. The highest BCUT2D eigenvalue weighted by Crippen LogP contribution is 2.32. The molecule has 0 atom stereocenters. The van der Waals surface area contributed by atoms with Gasteiger partial charge < -0.3 is 15.4 Å². The smallest absolute Gasteiger partial charge is 0.384 e. The van der Waals surface area contributed by atoms with E-state index in [-0.39, 0.29) is 11.6 Å². The summed E-state index contributed by atoms with van der Waals surface area (Å²) >= 11 is 0. The molecule has 1 saturated carbocycles. The van der Waals surface area contributed by atoms with Crippen molar-refractivity contribution in [2.75, 3.05) is 37.4 Å². The second kappa shape index (κ2) is 5.87. The van der Waals surface area contributed by atoms with Crippen LogP contribution in [0.1, 0.15) is 18.4 Å². The molecule has 1 aromatic heterocycles. The Kier molecular flexibility index (Phi) is 4.37. The van der Waals surface area contributed by atoms with E-state index in [1.165, 1.54) is 12.8 Å². The molecule has 1 aliphatic carbocycles. The van der Waals surface area contributed by atoms with E-state index in [0.717, 1.165) is 18.7 Å². The summed E-state index contributed by atoms with van der Waals surface area (Å²) < 4.78 is 43.5. The number of pyridine rings is 1. The van der Waals surface area contributed by atoms with Crippen LogP contribution in [0.4, 0.5) is 24.8 Å². The average molecular weight is 289 g/mol. The summed E-state index contributed by atoms with van der Waals surface area (Å²) in [6.45, 7) is 1.66. The summed E-state index contributed by atoms with van der Waals surface area (Å²) in [5.74, 6) is 0.732. The van der Waals surface area contributed by atoms with E-state index < -0.39 is 11.7 Å². The molecule has 0 unspecified atom stereocenters. The van der Waals surface area contributed by atoms with Gasteiger partial charge in [-0.2, -0.15) is 13.2 Å². The molecule has 0 saturated heterocycles. The van der Waals surface area contributed by atoms with Crippen LogP contribution in [0.15, 0.2) is 12.1 Å². The summed E-state index contributed by atoms with van der Waals surface area (Å²) in [5, 5.41) is 0. The first-order chi connectivity index (χ1) is 9.36. The van der Waals surface area contributed by atoms with Crippen LogP contribution in [-0.4, -0.2) is 31.8 Å². The van der Waals surface area contributed by atoms with Gasteiger partial charge in [0.15, 0.2) is 0 Å². The Hall–Kier alpha value is -1.50. The van der Waals surface area contributed by atoms with Crippen molar-refractivity contribution in [2.45, 2.75) is 19.0 Å². The quantitative estimate of drug-likeness (QED) is 0.818. The molecule has 112 valence electrons. The highest BCUT2D eigenvalue weighted by atomic mass is 19.4. The third-order valence-corrected chi connectivity index (χ3v) is 3.17. The Morgan fingerprint density at radius 1 is 1.40 bits per heavy atom. The van der Waals surface area contributed by atoms with Crippen LogP contribution >= 0.6 is 0 Å². The first-order valence-electron chi connectivity index (χ1n) is 6.50. The van der Waals surface area contributed by atoms with E-state index in [4.69, 9.17) is 10.5 Å². The van der Waals surface area contributed by atoms with Crippen LogP contribution in [0.5, 0.6) is 0 Å². The van der Waals surface area contributed by atoms with E-state index in [9.17, 15) is 13.2 Å². The monoisotopic (exact) mass is 289 g/mol. The van der Waals surface area contributed by atoms with E-state index in [1.807, 2.05) is 0 Å². The standard InChI is InChI=1S/C13H18F3N3O/c1-19(4-5-20-8-9-2-3-9)12-7-10(13(14,15)16)6-11(17)18-12/h6-7,9H,2-5,8H2,1H3,(H2,17,18). The van der Waals surface area contributed by atoms with E-state index in [1.54, 1.807) is 11.9 Å². The van der Waals surface area contributed by atoms with Crippen molar-refractivity contribution < 1.29 is 17.9 Å². The first-order valence-corrected chi connectivity index (χ1v) is 6.50. The van der Waals surface area contributed by atoms with Crippen LogP contribution in [0.2, 0.25) is 0 Å². The number of likely N-dealkylation sites (N-methyl/N-ethyl adjacent to an activating group) is 1. The lowest BCUT2D eigenvalue weighted by Gasteiger charge is -2.20. The topological polar surface area (TPSA) is 51.4 Å². The van der Waals surface area contributed by atoms with Crippen molar-refractivity contribution in [2.24, 2.45) is 5.92 Å². The zero-order chi connectivity index (χ0) is 14.8. The molecule has 20 heavy (non-hydrogen) atoms. The maximum Gasteiger partial charge on any atom is 0.416 e. The summed E-state index contributed by atoms with van der Waals surface area (Å²) in [5.41, 5.74) is 4.64. The predicted molar refractivity (Wildman–Crippen MR) is 70.5 cm³/mol. The highest BCUT2D eigenvalue weighted by molar-refractivity contribution is 5.48. The molecule has 0 spiro atoms. The van der Waals surface area contributed by atoms with Gasteiger partial charge >= 0.3 is 6.18 Å². The van der Waals surface area contributed by atoms with Crippen LogP contribution in [0.25, 0.3) is 0 Å². The van der Waals surface area contributed by atoms with Gasteiger partial charge in [0.25, 0.3) is 0 Å². The number of nitrogens with two attached hydrogens (primary N) is 1. The van der Waals surface area contributed by atoms with Crippen molar-refractivity contribution in [1.82, 2.24) is 4.98 Å². The van der Waals surface area contributed by atoms with E-state index in [2.05, 4.69) is 4.98 Å². The lowest BCUT2D eigenvalue weighted by molar-refractivity contribution is -0.137. The number of hydrogen-bond acceptors (Lipinski definition) is 4. The number of ether oxygens (including phenoxy) is 1. The van der Waals surface area contributed by atoms with E-state index >= 15 is 0 Å². The molecule has 1 heterocycles. The average Bonchev–Trinajstić information content (AvgIpc) is 3.16. The van der Waals surface area contributed by atoms with Gasteiger partial charge in [-0.25, -0.2) is 4.98 Å². The number of anilines is 2. The van der Waals surface area contributed by atoms with Crippen molar-refractivity contribution >= 4 is 11.6 Å². The van der Waals surface area contributed by atoms with Crippen molar-refractivity contribution in [3.63, 3.8) is 0 Å². The Bertz CT molecular complexity index is 461. The number of nitrogens with zero attached hydrogens (tertiary/aromatic N) is 2. The zero-order valence-electron chi connectivity index (χ0n) is 11.3. The zero-order valence-corrected chi connectivity index (χ0v) is 11.3. The highest BCUT2D eigenvalue weighted by Gasteiger charge is 2.31. The Morgan fingerprint density at radius 3 is 2.70 bits per heavy atom. The SMILES string of the molecule is CN(CCOCC1CC1)c1cc(C(F)(F)F)cc(N)n1. The molecule has 0 aromatic carbocycles. The first kappa shape index (κ1) is 14.9. The van der Waals surface area contributed by atoms with Gasteiger partial charge in [0.1, 0.15) is 11.6 Å². The molecule has 1 aromatic rings. The molecule has 2 N–H and O–H groups in total.